The largest absolute Gasteiger partial charge is 0.381 e. The van der Waals surface area contributed by atoms with Gasteiger partial charge in [-0.05, 0) is 31.0 Å². The second-order valence-electron chi connectivity index (χ2n) is 4.84. The van der Waals surface area contributed by atoms with Crippen LogP contribution in [0.5, 0.6) is 0 Å². The van der Waals surface area contributed by atoms with Crippen LogP contribution in [-0.2, 0) is 10.2 Å². The molecule has 5 heteroatoms. The van der Waals surface area contributed by atoms with E-state index in [9.17, 15) is 4.39 Å². The Hall–Kier alpha value is -1.46. The molecule has 0 amide bonds. The number of nitrogens with zero attached hydrogens (tertiary/aromatic N) is 1. The normalized spacial score (nSPS) is 19.2. The first-order chi connectivity index (χ1) is 8.73. The summed E-state index contributed by atoms with van der Waals surface area (Å²) in [6, 6.07) is 4.58. The standard InChI is InChI=1S/C13H16FN3O/c14-9-1-2-10-11(7-9)17-12(16-10)13(8-15)3-5-18-6-4-13/h1-2,7H,3-6,8,15H2,(H,16,17). The Morgan fingerprint density at radius 3 is 2.89 bits per heavy atom. The van der Waals surface area contributed by atoms with Crippen molar-refractivity contribution >= 4 is 11.0 Å². The highest BCUT2D eigenvalue weighted by molar-refractivity contribution is 5.75. The molecule has 2 heterocycles. The Labute approximate surface area is 104 Å². The number of fused-ring (bicyclic) bond motifs is 1. The van der Waals surface area contributed by atoms with Crippen LogP contribution >= 0.6 is 0 Å². The second-order valence-corrected chi connectivity index (χ2v) is 4.84. The summed E-state index contributed by atoms with van der Waals surface area (Å²) in [4.78, 5) is 7.77. The van der Waals surface area contributed by atoms with Gasteiger partial charge in [0.25, 0.3) is 0 Å². The van der Waals surface area contributed by atoms with E-state index in [0.29, 0.717) is 19.8 Å². The van der Waals surface area contributed by atoms with Crippen molar-refractivity contribution in [3.63, 3.8) is 0 Å². The predicted molar refractivity (Wildman–Crippen MR) is 66.8 cm³/mol. The van der Waals surface area contributed by atoms with E-state index in [-0.39, 0.29) is 11.2 Å². The van der Waals surface area contributed by atoms with E-state index in [0.717, 1.165) is 29.7 Å². The first-order valence-electron chi connectivity index (χ1n) is 6.17. The third-order valence-electron chi connectivity index (χ3n) is 3.79. The quantitative estimate of drug-likeness (QED) is 0.851. The van der Waals surface area contributed by atoms with E-state index >= 15 is 0 Å². The average Bonchev–Trinajstić information content (AvgIpc) is 2.83. The van der Waals surface area contributed by atoms with Gasteiger partial charge in [0, 0.05) is 25.2 Å². The summed E-state index contributed by atoms with van der Waals surface area (Å²) in [5.74, 6) is 0.598. The molecule has 0 atom stereocenters. The Kier molecular flexibility index (Phi) is 2.80. The number of hydrogen-bond acceptors (Lipinski definition) is 3. The van der Waals surface area contributed by atoms with E-state index in [2.05, 4.69) is 9.97 Å². The molecule has 3 N–H and O–H groups in total. The van der Waals surface area contributed by atoms with Crippen LogP contribution in [-0.4, -0.2) is 29.7 Å². The monoisotopic (exact) mass is 249 g/mol. The number of hydrogen-bond donors (Lipinski definition) is 2. The summed E-state index contributed by atoms with van der Waals surface area (Å²) in [6.07, 6.45) is 1.71. The van der Waals surface area contributed by atoms with Crippen LogP contribution in [0.3, 0.4) is 0 Å². The highest BCUT2D eigenvalue weighted by atomic mass is 19.1. The van der Waals surface area contributed by atoms with Crippen molar-refractivity contribution in [1.29, 1.82) is 0 Å². The number of aromatic amines is 1. The Bertz CT molecular complexity index is 560. The van der Waals surface area contributed by atoms with Crippen molar-refractivity contribution in [2.75, 3.05) is 19.8 Å². The lowest BCUT2D eigenvalue weighted by molar-refractivity contribution is 0.0503. The minimum absolute atomic E-state index is 0.159. The number of ether oxygens (including phenoxy) is 1. The summed E-state index contributed by atoms with van der Waals surface area (Å²) in [5.41, 5.74) is 7.28. The molecule has 96 valence electrons. The van der Waals surface area contributed by atoms with Gasteiger partial charge in [-0.25, -0.2) is 9.37 Å². The molecule has 0 spiro atoms. The van der Waals surface area contributed by atoms with Crippen LogP contribution in [0.25, 0.3) is 11.0 Å². The third kappa shape index (κ3) is 1.79. The van der Waals surface area contributed by atoms with E-state index in [1.165, 1.54) is 12.1 Å². The van der Waals surface area contributed by atoms with Crippen molar-refractivity contribution in [1.82, 2.24) is 9.97 Å². The molecule has 3 rings (SSSR count). The molecule has 0 radical (unpaired) electrons. The lowest BCUT2D eigenvalue weighted by Crippen LogP contribution is -2.41. The summed E-state index contributed by atoms with van der Waals surface area (Å²) in [7, 11) is 0. The number of halogens is 1. The van der Waals surface area contributed by atoms with Gasteiger partial charge in [-0.2, -0.15) is 0 Å². The minimum Gasteiger partial charge on any atom is -0.381 e. The fraction of sp³-hybridized carbons (Fsp3) is 0.462. The highest BCUT2D eigenvalue weighted by Gasteiger charge is 2.36. The van der Waals surface area contributed by atoms with Crippen molar-refractivity contribution < 1.29 is 9.13 Å². The molecule has 1 aromatic carbocycles. The summed E-state index contributed by atoms with van der Waals surface area (Å²) >= 11 is 0. The highest BCUT2D eigenvalue weighted by Crippen LogP contribution is 2.33. The number of nitrogens with two attached hydrogens (primary N) is 1. The van der Waals surface area contributed by atoms with Crippen LogP contribution in [0.4, 0.5) is 4.39 Å². The zero-order chi connectivity index (χ0) is 12.6. The van der Waals surface area contributed by atoms with Gasteiger partial charge in [0.1, 0.15) is 11.6 Å². The summed E-state index contributed by atoms with van der Waals surface area (Å²) < 4.78 is 18.6. The molecular formula is C13H16FN3O. The van der Waals surface area contributed by atoms with Gasteiger partial charge in [-0.3, -0.25) is 0 Å². The lowest BCUT2D eigenvalue weighted by atomic mass is 9.79. The first kappa shape index (κ1) is 11.6. The van der Waals surface area contributed by atoms with Crippen LogP contribution in [0.15, 0.2) is 18.2 Å². The SMILES string of the molecule is NCC1(c2nc3ccc(F)cc3[nH]2)CCOCC1. The fourth-order valence-corrected chi connectivity index (χ4v) is 2.53. The van der Waals surface area contributed by atoms with Gasteiger partial charge in [-0.1, -0.05) is 0 Å². The number of rotatable bonds is 2. The zero-order valence-corrected chi connectivity index (χ0v) is 10.1. The van der Waals surface area contributed by atoms with Crippen LogP contribution in [0, 0.1) is 5.82 Å². The number of imidazole rings is 1. The molecule has 4 nitrogen and oxygen atoms in total. The van der Waals surface area contributed by atoms with E-state index in [4.69, 9.17) is 10.5 Å². The van der Waals surface area contributed by atoms with Crippen molar-refractivity contribution in [3.05, 3.63) is 29.8 Å². The Morgan fingerprint density at radius 1 is 1.39 bits per heavy atom. The molecule has 1 fully saturated rings. The van der Waals surface area contributed by atoms with E-state index < -0.39 is 0 Å². The van der Waals surface area contributed by atoms with Crippen molar-refractivity contribution in [2.24, 2.45) is 5.73 Å². The molecule has 1 saturated heterocycles. The lowest BCUT2D eigenvalue weighted by Gasteiger charge is -2.34. The van der Waals surface area contributed by atoms with Crippen LogP contribution in [0.1, 0.15) is 18.7 Å². The minimum atomic E-state index is -0.258. The number of benzene rings is 1. The summed E-state index contributed by atoms with van der Waals surface area (Å²) in [6.45, 7) is 1.92. The van der Waals surface area contributed by atoms with Crippen LogP contribution < -0.4 is 5.73 Å². The molecule has 0 saturated carbocycles. The predicted octanol–water partition coefficient (Wildman–Crippen LogP) is 1.71. The Balaban J connectivity index is 2.06. The maximum Gasteiger partial charge on any atom is 0.125 e. The third-order valence-corrected chi connectivity index (χ3v) is 3.79. The van der Waals surface area contributed by atoms with Crippen LogP contribution in [0.2, 0.25) is 0 Å². The second kappa shape index (κ2) is 4.33. The Morgan fingerprint density at radius 2 is 2.17 bits per heavy atom. The van der Waals surface area contributed by atoms with E-state index in [1.807, 2.05) is 0 Å². The molecule has 1 aliphatic heterocycles. The van der Waals surface area contributed by atoms with Gasteiger partial charge < -0.3 is 15.5 Å². The average molecular weight is 249 g/mol. The number of nitrogens with one attached hydrogen (secondary N) is 1. The maximum absolute atomic E-state index is 13.2. The molecule has 18 heavy (non-hydrogen) atoms. The number of H-pyrrole nitrogens is 1. The molecule has 0 aliphatic carbocycles. The van der Waals surface area contributed by atoms with Gasteiger partial charge in [-0.15, -0.1) is 0 Å². The van der Waals surface area contributed by atoms with Gasteiger partial charge in [0.15, 0.2) is 0 Å². The maximum atomic E-state index is 13.2. The topological polar surface area (TPSA) is 63.9 Å². The molecule has 0 bridgehead atoms. The molecule has 1 aromatic heterocycles. The van der Waals surface area contributed by atoms with Gasteiger partial charge in [0.05, 0.1) is 11.0 Å². The zero-order valence-electron chi connectivity index (χ0n) is 10.1. The molecular weight excluding hydrogens is 233 g/mol. The molecule has 0 unspecified atom stereocenters. The fourth-order valence-electron chi connectivity index (χ4n) is 2.53. The van der Waals surface area contributed by atoms with Crippen molar-refractivity contribution in [3.8, 4) is 0 Å². The van der Waals surface area contributed by atoms with E-state index in [1.54, 1.807) is 6.07 Å². The molecule has 1 aliphatic rings. The first-order valence-corrected chi connectivity index (χ1v) is 6.17. The van der Waals surface area contributed by atoms with Crippen molar-refractivity contribution in [2.45, 2.75) is 18.3 Å². The van der Waals surface area contributed by atoms with Gasteiger partial charge >= 0.3 is 0 Å². The smallest absolute Gasteiger partial charge is 0.125 e. The summed E-state index contributed by atoms with van der Waals surface area (Å²) in [5, 5.41) is 0. The number of aromatic nitrogens is 2. The molecule has 2 aromatic rings. The van der Waals surface area contributed by atoms with Gasteiger partial charge in [0.2, 0.25) is 0 Å².